The van der Waals surface area contributed by atoms with Gasteiger partial charge in [-0.1, -0.05) is 18.2 Å². The molecule has 33 nitrogen and oxygen atoms in total. The lowest BCUT2D eigenvalue weighted by molar-refractivity contribution is 0.356. The number of halogens is 5. The van der Waals surface area contributed by atoms with Crippen LogP contribution in [-0.2, 0) is 85.5 Å². The lowest BCUT2D eigenvalue weighted by Gasteiger charge is -2.15. The van der Waals surface area contributed by atoms with Crippen molar-refractivity contribution in [3.05, 3.63) is 334 Å². The van der Waals surface area contributed by atoms with Crippen molar-refractivity contribution in [2.45, 2.75) is 92.1 Å². The van der Waals surface area contributed by atoms with Crippen LogP contribution in [0.5, 0.6) is 28.7 Å². The summed E-state index contributed by atoms with van der Waals surface area (Å²) in [4.78, 5) is 24.6. The first-order valence-electron chi connectivity index (χ1n) is 48.4. The molecule has 746 valence electrons. The van der Waals surface area contributed by atoms with Crippen molar-refractivity contribution in [2.75, 3.05) is 80.3 Å². The Hall–Kier alpha value is -18.3. The molecule has 0 saturated carbocycles. The molecule has 0 amide bonds. The van der Waals surface area contributed by atoms with Crippen molar-refractivity contribution in [1.29, 1.82) is 5.26 Å². The molecule has 5 N–H and O–H groups in total. The van der Waals surface area contributed by atoms with Crippen LogP contribution in [0.2, 0.25) is 0 Å². The van der Waals surface area contributed by atoms with Gasteiger partial charge in [-0.25, -0.2) is 36.9 Å². The molecule has 20 aromatic rings. The molecule has 0 aliphatic carbocycles. The maximum absolute atomic E-state index is 14.5. The summed E-state index contributed by atoms with van der Waals surface area (Å²) in [7, 11) is 7.74. The predicted molar refractivity (Wildman–Crippen MR) is 555 cm³/mol. The first kappa shape index (κ1) is 96.8. The number of rotatable bonds is 23. The molecule has 0 fully saturated rings. The second-order valence-electron chi connectivity index (χ2n) is 36.2. The highest BCUT2D eigenvalue weighted by atomic mass is 19.1. The lowest BCUT2D eigenvalue weighted by Crippen LogP contribution is -2.19. The van der Waals surface area contributed by atoms with Gasteiger partial charge >= 0.3 is 0 Å². The summed E-state index contributed by atoms with van der Waals surface area (Å²) in [6.07, 6.45) is 31.3. The van der Waals surface area contributed by atoms with E-state index in [0.717, 1.165) is 221 Å². The Morgan fingerprint density at radius 2 is 0.711 bits per heavy atom. The molecule has 0 saturated heterocycles. The van der Waals surface area contributed by atoms with E-state index in [2.05, 4.69) is 129 Å². The second kappa shape index (κ2) is 42.9. The Labute approximate surface area is 850 Å². The quantitative estimate of drug-likeness (QED) is 0.0371. The highest BCUT2D eigenvalue weighted by Crippen LogP contribution is 2.43. The lowest BCUT2D eigenvalue weighted by atomic mass is 9.98. The van der Waals surface area contributed by atoms with E-state index < -0.39 is 0 Å². The maximum Gasteiger partial charge on any atom is 0.163 e. The molecule has 0 atom stereocenters. The van der Waals surface area contributed by atoms with E-state index in [0.29, 0.717) is 129 Å². The number of hydrogen-bond donors (Lipinski definition) is 5. The number of anilines is 5. The van der Waals surface area contributed by atoms with Crippen LogP contribution in [0.15, 0.2) is 227 Å². The zero-order valence-electron chi connectivity index (χ0n) is 82.1. The summed E-state index contributed by atoms with van der Waals surface area (Å²) < 4.78 is 106. The predicted octanol–water partition coefficient (Wildman–Crippen LogP) is 18.9. The Morgan fingerprint density at radius 3 is 1.09 bits per heavy atom. The fourth-order valence-corrected chi connectivity index (χ4v) is 19.6. The topological polar surface area (TPSA) is 380 Å². The molecule has 0 radical (unpaired) electrons. The van der Waals surface area contributed by atoms with Crippen LogP contribution >= 0.6 is 0 Å². The fourth-order valence-electron chi connectivity index (χ4n) is 19.6. The van der Waals surface area contributed by atoms with E-state index in [1.54, 1.807) is 141 Å². The Morgan fingerprint density at radius 1 is 0.342 bits per heavy atom. The van der Waals surface area contributed by atoms with Crippen molar-refractivity contribution in [3.63, 3.8) is 0 Å². The number of pyridine rings is 5. The van der Waals surface area contributed by atoms with Crippen molar-refractivity contribution in [3.8, 4) is 90.8 Å². The standard InChI is InChI=1S/C23H24FN7O.2C23H19FN4O.C21H16FN7O.C21H19FN6O/c1-30(2)8-9-31-21(5-7-29-31)18-12-26-23(19-14-28-27-13-16(18)19)25-11-17-15-6-10-32-22(15)4-3-20(17)24;1-14-10-15(6-8-25-14)16-2-4-22(20-13-28-27-12-18(16)20)26-11-19-17-7-9-29-23(17)5-3-21(19)24;1-14-15(3-2-9-25-14)16-4-6-22(20-13-28-27-12-18(16)20)26-11-19-17-8-10-29-23(17)7-5-21(19)24;1-29-19(6-12(7-23)28-29)16-9-25-21(17-11-27-26-10-14(16)17)24-8-15-13-4-5-30-20(13)3-2-18(15)22;1-12-7-19(28(2)27-12)16-9-24-21(17-11-26-25-10-14(16)17)23-8-15-13-5-6-29-20(13)4-3-18(15)22/h3-5,7,12-14H,6,8-11H2,1-2H3,(H,25,26);2-6,8,10,12-13,26H,7,9,11H2,1H3;2-7,9,12-13,26H,8,10-11H2,1H3;2-3,6,9-11H,4-5,8H2,1H3,(H,24,25);3-4,7,9-11H,5-6,8H2,1-2H3,(H,23,24). The summed E-state index contributed by atoms with van der Waals surface area (Å²) in [6, 6.07) is 39.6. The fraction of sp³-hybridized carbons (Fsp3) is 0.216. The number of nitriles is 1. The summed E-state index contributed by atoms with van der Waals surface area (Å²) in [5.41, 5.74) is 22.2. The number of hydrogen-bond acceptors (Lipinski definition) is 30. The maximum atomic E-state index is 14.5. The number of nitrogens with zero attached hydrogens (tertiary/aromatic N) is 23. The van der Waals surface area contributed by atoms with Crippen LogP contribution in [-0.4, -0.2) is 164 Å². The van der Waals surface area contributed by atoms with Gasteiger partial charge in [-0.2, -0.15) is 71.5 Å². The summed E-state index contributed by atoms with van der Waals surface area (Å²) in [5.74, 6) is 4.46. The van der Waals surface area contributed by atoms with Crippen LogP contribution in [0.4, 0.5) is 50.8 Å². The van der Waals surface area contributed by atoms with E-state index in [4.69, 9.17) is 28.9 Å². The number of ether oxygens (including phenoxy) is 5. The summed E-state index contributed by atoms with van der Waals surface area (Å²) in [5, 5.41) is 88.1. The molecular weight excluding hydrogens is 1900 g/mol. The van der Waals surface area contributed by atoms with Crippen molar-refractivity contribution < 1.29 is 45.6 Å². The first-order valence-corrected chi connectivity index (χ1v) is 48.4. The monoisotopic (exact) mass is 2000 g/mol. The number of aryl methyl sites for hydroxylation is 5. The summed E-state index contributed by atoms with van der Waals surface area (Å²) >= 11 is 0. The van der Waals surface area contributed by atoms with Gasteiger partial charge in [0, 0.05) is 283 Å². The van der Waals surface area contributed by atoms with E-state index in [1.165, 1.54) is 30.3 Å². The van der Waals surface area contributed by atoms with Gasteiger partial charge in [0.05, 0.1) is 124 Å². The number of benzene rings is 7. The molecule has 38 heteroatoms. The Balaban J connectivity index is 0.000000109. The van der Waals surface area contributed by atoms with Crippen LogP contribution < -0.4 is 50.3 Å². The SMILES string of the molecule is CN(C)CCn1nccc1-c1cnc(NCc2c(F)ccc3c2CCO3)c2cnncc12.Cc1cc(-c2ccc(NCc3c(F)ccc4c3CCO4)c3cnncc23)ccn1.Cc1cc(-c2cnc(NCc3c(F)ccc4c3CCO4)c3cnncc23)n(C)n1.Cc1ncccc1-c1ccc(NCc2c(F)ccc3c2CCO3)c2cnncc12.Cn1nc(C#N)cc1-c1cnc(NCc2c(F)ccc3c2CCO3)c2cnncc12. The van der Waals surface area contributed by atoms with Gasteiger partial charge in [-0.15, -0.1) is 0 Å². The highest BCUT2D eigenvalue weighted by molar-refractivity contribution is 6.06. The van der Waals surface area contributed by atoms with Crippen molar-refractivity contribution in [2.24, 2.45) is 14.1 Å². The molecule has 5 aliphatic rings. The molecule has 5 aliphatic heterocycles. The Kier molecular flexibility index (Phi) is 27.9. The second-order valence-corrected chi connectivity index (χ2v) is 36.2. The zero-order chi connectivity index (χ0) is 102. The number of likely N-dealkylation sites (N-methyl/N-ethyl adjacent to an activating group) is 1. The van der Waals surface area contributed by atoms with Gasteiger partial charge in [0.25, 0.3) is 0 Å². The van der Waals surface area contributed by atoms with Gasteiger partial charge in [0.2, 0.25) is 0 Å². The van der Waals surface area contributed by atoms with Crippen molar-refractivity contribution in [1.82, 2.24) is 110 Å². The number of fused-ring (bicyclic) bond motifs is 10. The molecule has 0 bridgehead atoms. The van der Waals surface area contributed by atoms with E-state index in [1.807, 2.05) is 118 Å². The van der Waals surface area contributed by atoms with E-state index in [-0.39, 0.29) is 35.6 Å². The van der Waals surface area contributed by atoms with Crippen molar-refractivity contribution >= 4 is 82.7 Å². The molecule has 0 spiro atoms. The van der Waals surface area contributed by atoms with Gasteiger partial charge in [0.15, 0.2) is 5.69 Å². The third-order valence-electron chi connectivity index (χ3n) is 27.0. The number of aromatic nitrogens is 21. The Bertz CT molecular complexity index is 8560. The summed E-state index contributed by atoms with van der Waals surface area (Å²) in [6.45, 7) is 12.1. The van der Waals surface area contributed by atoms with Gasteiger partial charge in [-0.05, 0) is 155 Å². The zero-order valence-corrected chi connectivity index (χ0v) is 82.1. The molecule has 0 unspecified atom stereocenters. The molecule has 149 heavy (non-hydrogen) atoms. The van der Waals surface area contributed by atoms with Crippen LogP contribution in [0, 0.1) is 61.2 Å². The first-order chi connectivity index (χ1) is 72.8. The smallest absolute Gasteiger partial charge is 0.163 e. The average molecular weight is 2000 g/mol. The van der Waals surface area contributed by atoms with E-state index in [9.17, 15) is 22.0 Å². The number of nitrogens with one attached hydrogen (secondary N) is 5. The average Bonchev–Trinajstić information content (AvgIpc) is 1.76. The minimum Gasteiger partial charge on any atom is -0.493 e. The molecule has 25 rings (SSSR count). The van der Waals surface area contributed by atoms with E-state index >= 15 is 0 Å². The third-order valence-corrected chi connectivity index (χ3v) is 27.0. The largest absolute Gasteiger partial charge is 0.493 e. The van der Waals surface area contributed by atoms with Gasteiger partial charge in [-0.3, -0.25) is 24.0 Å². The normalized spacial score (nSPS) is 12.7. The third kappa shape index (κ3) is 20.2. The molecule has 13 aromatic heterocycles. The van der Waals surface area contributed by atoms with Crippen LogP contribution in [0.1, 0.15) is 78.4 Å². The minimum atomic E-state index is -0.272. The molecule has 18 heterocycles. The highest BCUT2D eigenvalue weighted by Gasteiger charge is 2.29. The molecule has 7 aromatic carbocycles. The minimum absolute atomic E-state index is 0.213. The van der Waals surface area contributed by atoms with Crippen LogP contribution in [0.25, 0.3) is 110 Å². The van der Waals surface area contributed by atoms with Crippen LogP contribution in [0.3, 0.4) is 0 Å². The van der Waals surface area contributed by atoms with Gasteiger partial charge in [0.1, 0.15) is 81.4 Å². The molecular formula is C111H97F5N28O5. The van der Waals surface area contributed by atoms with Gasteiger partial charge < -0.3 is 55.2 Å².